The van der Waals surface area contributed by atoms with E-state index in [1.165, 1.54) is 11.7 Å². The van der Waals surface area contributed by atoms with Crippen LogP contribution in [-0.4, -0.2) is 60.1 Å². The van der Waals surface area contributed by atoms with Crippen molar-refractivity contribution in [2.24, 2.45) is 23.3 Å². The molecule has 172 valence electrons. The highest BCUT2D eigenvalue weighted by atomic mass is 19.1. The smallest absolute Gasteiger partial charge is 0.328 e. The maximum absolute atomic E-state index is 15.5. The Morgan fingerprint density at radius 2 is 1.90 bits per heavy atom. The molecule has 2 aliphatic carbocycles. The van der Waals surface area contributed by atoms with Gasteiger partial charge in [-0.25, -0.2) is 9.18 Å². The molecular weight excluding hydrogens is 415 g/mol. The molecule has 1 aromatic heterocycles. The second-order valence-corrected chi connectivity index (χ2v) is 8.67. The van der Waals surface area contributed by atoms with E-state index in [1.54, 1.807) is 4.90 Å². The van der Waals surface area contributed by atoms with Gasteiger partial charge in [-0.2, -0.15) is 0 Å². The zero-order chi connectivity index (χ0) is 22.4. The first-order valence-corrected chi connectivity index (χ1v) is 10.5. The van der Waals surface area contributed by atoms with E-state index in [9.17, 15) is 18.4 Å². The second-order valence-electron chi connectivity index (χ2n) is 8.67. The highest BCUT2D eigenvalue weighted by Gasteiger charge is 2.47. The number of nitrogens with one attached hydrogen (secondary N) is 1. The average molecular weight is 443 g/mol. The minimum absolute atomic E-state index is 0.0746. The fourth-order valence-corrected chi connectivity index (χ4v) is 4.97. The first-order chi connectivity index (χ1) is 14.8. The largest absolute Gasteiger partial charge is 0.396 e. The Labute approximate surface area is 177 Å². The van der Waals surface area contributed by atoms with E-state index in [0.717, 1.165) is 12.8 Å². The summed E-state index contributed by atoms with van der Waals surface area (Å²) in [4.78, 5) is 29.1. The molecule has 1 aliphatic heterocycles. The molecule has 0 spiro atoms. The van der Waals surface area contributed by atoms with Crippen LogP contribution < -0.4 is 22.7 Å². The molecule has 4 rings (SSSR count). The fraction of sp³-hybridized carbons (Fsp3) is 0.700. The maximum atomic E-state index is 15.5. The second kappa shape index (κ2) is 8.44. The molecule has 0 radical (unpaired) electrons. The van der Waals surface area contributed by atoms with Gasteiger partial charge in [-0.3, -0.25) is 28.0 Å². The summed E-state index contributed by atoms with van der Waals surface area (Å²) in [6.07, 6.45) is 1.13. The van der Waals surface area contributed by atoms with Crippen molar-refractivity contribution < 1.29 is 17.9 Å². The van der Waals surface area contributed by atoms with Crippen molar-refractivity contribution >= 4 is 5.70 Å². The molecule has 5 N–H and O–H groups in total. The van der Waals surface area contributed by atoms with Gasteiger partial charge in [-0.05, 0) is 31.7 Å². The molecule has 2 fully saturated rings. The molecule has 3 aliphatic rings. The quantitative estimate of drug-likeness (QED) is 0.572. The minimum Gasteiger partial charge on any atom is -0.396 e. The molecule has 0 aromatic carbocycles. The number of alkyl halides is 2. The van der Waals surface area contributed by atoms with Gasteiger partial charge in [-0.1, -0.05) is 0 Å². The number of aromatic nitrogens is 2. The van der Waals surface area contributed by atoms with Crippen LogP contribution in [0.1, 0.15) is 42.7 Å². The third kappa shape index (κ3) is 3.62. The van der Waals surface area contributed by atoms with Crippen LogP contribution in [0.3, 0.4) is 0 Å². The third-order valence-corrected chi connectivity index (χ3v) is 6.83. The van der Waals surface area contributed by atoms with Crippen molar-refractivity contribution in [3.8, 4) is 0 Å². The SMILES string of the molecule is COC1c2c(c(=O)[nH]c(=O)n2C2CC2)C(N)=C(F)C1N1CCC(C(N)C(CF)CF)C1. The lowest BCUT2D eigenvalue weighted by Crippen LogP contribution is -2.48. The summed E-state index contributed by atoms with van der Waals surface area (Å²) in [5.74, 6) is -1.85. The molecule has 1 saturated carbocycles. The highest BCUT2D eigenvalue weighted by Crippen LogP contribution is 2.44. The Hall–Kier alpha value is -2.11. The zero-order valence-corrected chi connectivity index (χ0v) is 17.3. The maximum Gasteiger partial charge on any atom is 0.328 e. The zero-order valence-electron chi connectivity index (χ0n) is 17.3. The van der Waals surface area contributed by atoms with E-state index in [2.05, 4.69) is 4.98 Å². The van der Waals surface area contributed by atoms with Crippen LogP contribution >= 0.6 is 0 Å². The van der Waals surface area contributed by atoms with Gasteiger partial charge in [0.25, 0.3) is 5.56 Å². The Morgan fingerprint density at radius 3 is 2.48 bits per heavy atom. The van der Waals surface area contributed by atoms with E-state index in [-0.39, 0.29) is 28.9 Å². The number of nitrogens with two attached hydrogens (primary N) is 2. The van der Waals surface area contributed by atoms with Gasteiger partial charge in [0.2, 0.25) is 0 Å². The van der Waals surface area contributed by atoms with Crippen LogP contribution in [0.15, 0.2) is 15.4 Å². The van der Waals surface area contributed by atoms with Gasteiger partial charge in [0.05, 0.1) is 36.3 Å². The number of rotatable bonds is 7. The number of halogens is 3. The number of fused-ring (bicyclic) bond motifs is 1. The number of aromatic amines is 1. The third-order valence-electron chi connectivity index (χ3n) is 6.83. The Balaban J connectivity index is 1.73. The number of hydrogen-bond donors (Lipinski definition) is 3. The number of hydrogen-bond acceptors (Lipinski definition) is 6. The topological polar surface area (TPSA) is 119 Å². The van der Waals surface area contributed by atoms with Gasteiger partial charge in [-0.15, -0.1) is 0 Å². The van der Waals surface area contributed by atoms with Gasteiger partial charge in [0, 0.05) is 31.7 Å². The lowest BCUT2D eigenvalue weighted by Gasteiger charge is -2.38. The summed E-state index contributed by atoms with van der Waals surface area (Å²) in [7, 11) is 1.39. The van der Waals surface area contributed by atoms with Gasteiger partial charge < -0.3 is 16.2 Å². The average Bonchev–Trinajstić information content (AvgIpc) is 3.46. The van der Waals surface area contributed by atoms with E-state index >= 15 is 4.39 Å². The number of methoxy groups -OCH3 is 1. The van der Waals surface area contributed by atoms with Crippen LogP contribution in [0, 0.1) is 11.8 Å². The van der Waals surface area contributed by atoms with Crippen molar-refractivity contribution in [3.05, 3.63) is 37.9 Å². The Morgan fingerprint density at radius 1 is 1.23 bits per heavy atom. The molecule has 2 heterocycles. The minimum atomic E-state index is -0.963. The number of ether oxygens (including phenoxy) is 1. The van der Waals surface area contributed by atoms with Crippen molar-refractivity contribution in [3.63, 3.8) is 0 Å². The Kier molecular flexibility index (Phi) is 6.01. The first-order valence-electron chi connectivity index (χ1n) is 10.5. The molecule has 4 unspecified atom stereocenters. The molecule has 11 heteroatoms. The van der Waals surface area contributed by atoms with Gasteiger partial charge in [0.15, 0.2) is 0 Å². The molecule has 4 atom stereocenters. The number of H-pyrrole nitrogens is 1. The molecule has 8 nitrogen and oxygen atoms in total. The van der Waals surface area contributed by atoms with Crippen LogP contribution in [0.25, 0.3) is 5.70 Å². The Bertz CT molecular complexity index is 985. The molecule has 1 saturated heterocycles. The van der Waals surface area contributed by atoms with Crippen LogP contribution in [-0.2, 0) is 4.74 Å². The first kappa shape index (κ1) is 22.1. The highest BCUT2D eigenvalue weighted by molar-refractivity contribution is 5.70. The van der Waals surface area contributed by atoms with Crippen LogP contribution in [0.2, 0.25) is 0 Å². The van der Waals surface area contributed by atoms with Gasteiger partial charge >= 0.3 is 5.69 Å². The molecular formula is C20H28F3N5O3. The van der Waals surface area contributed by atoms with E-state index in [1.807, 2.05) is 0 Å². The summed E-state index contributed by atoms with van der Waals surface area (Å²) in [5, 5.41) is 0. The lowest BCUT2D eigenvalue weighted by molar-refractivity contribution is 0.0174. The predicted octanol–water partition coefficient (Wildman–Crippen LogP) is 0.742. The summed E-state index contributed by atoms with van der Waals surface area (Å²) >= 11 is 0. The lowest BCUT2D eigenvalue weighted by atomic mass is 9.89. The van der Waals surface area contributed by atoms with Crippen LogP contribution in [0.4, 0.5) is 13.2 Å². The monoisotopic (exact) mass is 443 g/mol. The number of likely N-dealkylation sites (tertiary alicyclic amines) is 1. The summed E-state index contributed by atoms with van der Waals surface area (Å²) in [6.45, 7) is -0.997. The van der Waals surface area contributed by atoms with Gasteiger partial charge in [0.1, 0.15) is 11.9 Å². The summed E-state index contributed by atoms with van der Waals surface area (Å²) in [6, 6.07) is -1.76. The summed E-state index contributed by atoms with van der Waals surface area (Å²) < 4.78 is 48.8. The van der Waals surface area contributed by atoms with E-state index in [4.69, 9.17) is 16.2 Å². The van der Waals surface area contributed by atoms with E-state index < -0.39 is 54.5 Å². The molecule has 31 heavy (non-hydrogen) atoms. The van der Waals surface area contributed by atoms with Crippen molar-refractivity contribution in [2.45, 2.75) is 43.5 Å². The molecule has 0 bridgehead atoms. The summed E-state index contributed by atoms with van der Waals surface area (Å²) in [5.41, 5.74) is 10.7. The van der Waals surface area contributed by atoms with Crippen molar-refractivity contribution in [1.29, 1.82) is 0 Å². The standard InChI is InChI=1S/C20H28F3N5O3/c1-31-18-16-12(19(29)26-20(30)28(16)11-2-3-11)15(25)13(23)17(18)27-5-4-9(8-27)14(24)10(6-21)7-22/h9-11,14,17-18H,2-8,24-25H2,1H3,(H,26,29,30). The molecule has 1 aromatic rings. The van der Waals surface area contributed by atoms with Crippen LogP contribution in [0.5, 0.6) is 0 Å². The predicted molar refractivity (Wildman–Crippen MR) is 108 cm³/mol. The van der Waals surface area contributed by atoms with Crippen molar-refractivity contribution in [2.75, 3.05) is 33.5 Å². The number of nitrogens with zero attached hydrogens (tertiary/aromatic N) is 2. The fourth-order valence-electron chi connectivity index (χ4n) is 4.97. The normalized spacial score (nSPS) is 27.7. The van der Waals surface area contributed by atoms with Crippen molar-refractivity contribution in [1.82, 2.24) is 14.5 Å². The molecule has 0 amide bonds. The van der Waals surface area contributed by atoms with E-state index in [0.29, 0.717) is 19.5 Å².